The summed E-state index contributed by atoms with van der Waals surface area (Å²) in [6, 6.07) is 13.4. The molecule has 0 fully saturated rings. The minimum atomic E-state index is 0.479. The lowest BCUT2D eigenvalue weighted by atomic mass is 10.3. The molecular weight excluding hydrogens is 324 g/mol. The molecule has 0 aliphatic carbocycles. The zero-order valence-corrected chi connectivity index (χ0v) is 14.0. The van der Waals surface area contributed by atoms with Crippen molar-refractivity contribution in [3.05, 3.63) is 47.5 Å². The Morgan fingerprint density at radius 1 is 1.14 bits per heavy atom. The van der Waals surface area contributed by atoms with Crippen molar-refractivity contribution < 1.29 is 4.74 Å². The van der Waals surface area contributed by atoms with Crippen LogP contribution in [0.5, 0.6) is 5.75 Å². The van der Waals surface area contributed by atoms with Gasteiger partial charge in [0.25, 0.3) is 0 Å². The highest BCUT2D eigenvalue weighted by Gasteiger charge is 2.06. The second-order valence-corrected chi connectivity index (χ2v) is 5.88. The molecule has 6 heteroatoms. The molecule has 0 heterocycles. The van der Waals surface area contributed by atoms with E-state index in [2.05, 4.69) is 10.6 Å². The van der Waals surface area contributed by atoms with Crippen LogP contribution in [0.3, 0.4) is 0 Å². The van der Waals surface area contributed by atoms with Gasteiger partial charge in [-0.15, -0.1) is 11.8 Å². The van der Waals surface area contributed by atoms with Gasteiger partial charge in [-0.2, -0.15) is 0 Å². The van der Waals surface area contributed by atoms with Crippen LogP contribution in [0.1, 0.15) is 0 Å². The van der Waals surface area contributed by atoms with Gasteiger partial charge in [-0.3, -0.25) is 0 Å². The predicted molar refractivity (Wildman–Crippen MR) is 96.1 cm³/mol. The fourth-order valence-electron chi connectivity index (χ4n) is 1.74. The maximum atomic E-state index is 5.99. The number of methoxy groups -OCH3 is 1. The highest BCUT2D eigenvalue weighted by molar-refractivity contribution is 7.98. The van der Waals surface area contributed by atoms with Crippen molar-refractivity contribution in [1.82, 2.24) is 0 Å². The number of thiocarbonyl (C=S) groups is 1. The monoisotopic (exact) mass is 338 g/mol. The number of anilines is 2. The lowest BCUT2D eigenvalue weighted by Gasteiger charge is -2.14. The number of benzene rings is 2. The van der Waals surface area contributed by atoms with Gasteiger partial charge in [-0.05, 0) is 60.9 Å². The molecular formula is C15H15ClN2OS2. The SMILES string of the molecule is COc1ccc(Cl)cc1NC(=S)Nc1ccc(SC)cc1. The van der Waals surface area contributed by atoms with Crippen LogP contribution in [0, 0.1) is 0 Å². The summed E-state index contributed by atoms with van der Waals surface area (Å²) in [6.07, 6.45) is 2.04. The number of halogens is 1. The van der Waals surface area contributed by atoms with Crippen LogP contribution < -0.4 is 15.4 Å². The summed E-state index contributed by atoms with van der Waals surface area (Å²) in [6.45, 7) is 0. The number of thioether (sulfide) groups is 1. The highest BCUT2D eigenvalue weighted by Crippen LogP contribution is 2.28. The number of rotatable bonds is 4. The van der Waals surface area contributed by atoms with Gasteiger partial charge in [0.05, 0.1) is 12.8 Å². The van der Waals surface area contributed by atoms with Crippen LogP contribution in [-0.2, 0) is 0 Å². The molecule has 21 heavy (non-hydrogen) atoms. The Hall–Kier alpha value is -1.43. The third kappa shape index (κ3) is 4.52. The maximum Gasteiger partial charge on any atom is 0.175 e. The van der Waals surface area contributed by atoms with Crippen molar-refractivity contribution in [2.75, 3.05) is 24.0 Å². The second-order valence-electron chi connectivity index (χ2n) is 4.15. The number of ether oxygens (including phenoxy) is 1. The molecule has 2 N–H and O–H groups in total. The van der Waals surface area contributed by atoms with Crippen molar-refractivity contribution >= 4 is 52.1 Å². The minimum absolute atomic E-state index is 0.479. The van der Waals surface area contributed by atoms with Crippen molar-refractivity contribution in [3.63, 3.8) is 0 Å². The van der Waals surface area contributed by atoms with Gasteiger partial charge in [0, 0.05) is 15.6 Å². The first kappa shape index (κ1) is 15.9. The van der Waals surface area contributed by atoms with E-state index in [4.69, 9.17) is 28.6 Å². The van der Waals surface area contributed by atoms with Crippen LogP contribution in [0.2, 0.25) is 5.02 Å². The third-order valence-corrected chi connectivity index (χ3v) is 3.94. The van der Waals surface area contributed by atoms with E-state index in [1.54, 1.807) is 37.1 Å². The molecule has 110 valence electrons. The van der Waals surface area contributed by atoms with Gasteiger partial charge in [0.2, 0.25) is 0 Å². The molecule has 0 radical (unpaired) electrons. The van der Waals surface area contributed by atoms with Gasteiger partial charge in [0.1, 0.15) is 5.75 Å². The van der Waals surface area contributed by atoms with Crippen LogP contribution in [0.4, 0.5) is 11.4 Å². The first-order chi connectivity index (χ1) is 10.1. The normalized spacial score (nSPS) is 10.0. The summed E-state index contributed by atoms with van der Waals surface area (Å²) < 4.78 is 5.27. The van der Waals surface area contributed by atoms with Crippen LogP contribution in [-0.4, -0.2) is 18.5 Å². The lowest BCUT2D eigenvalue weighted by Crippen LogP contribution is -2.19. The summed E-state index contributed by atoms with van der Waals surface area (Å²) >= 11 is 13.0. The Balaban J connectivity index is 2.05. The molecule has 0 bridgehead atoms. The first-order valence-corrected chi connectivity index (χ1v) is 8.19. The Labute approximate surface area is 139 Å². The van der Waals surface area contributed by atoms with Gasteiger partial charge < -0.3 is 15.4 Å². The van der Waals surface area contributed by atoms with Crippen LogP contribution in [0.25, 0.3) is 0 Å². The van der Waals surface area contributed by atoms with Gasteiger partial charge in [0.15, 0.2) is 5.11 Å². The summed E-state index contributed by atoms with van der Waals surface area (Å²) in [7, 11) is 1.60. The van der Waals surface area contributed by atoms with E-state index in [1.165, 1.54) is 4.90 Å². The molecule has 2 aromatic carbocycles. The molecule has 0 aliphatic heterocycles. The Bertz CT molecular complexity index is 632. The number of hydrogen-bond acceptors (Lipinski definition) is 3. The topological polar surface area (TPSA) is 33.3 Å². The molecule has 0 unspecified atom stereocenters. The van der Waals surface area contributed by atoms with Gasteiger partial charge >= 0.3 is 0 Å². The fraction of sp³-hybridized carbons (Fsp3) is 0.133. The Morgan fingerprint density at radius 3 is 2.48 bits per heavy atom. The predicted octanol–water partition coefficient (Wildman–Crippen LogP) is 4.88. The van der Waals surface area contributed by atoms with Gasteiger partial charge in [-0.1, -0.05) is 11.6 Å². The van der Waals surface area contributed by atoms with Gasteiger partial charge in [-0.25, -0.2) is 0 Å². The molecule has 3 nitrogen and oxygen atoms in total. The molecule has 0 aliphatic rings. The van der Waals surface area contributed by atoms with E-state index in [1.807, 2.05) is 30.5 Å². The molecule has 2 aromatic rings. The summed E-state index contributed by atoms with van der Waals surface area (Å²) in [4.78, 5) is 1.20. The quantitative estimate of drug-likeness (QED) is 0.613. The average molecular weight is 339 g/mol. The van der Waals surface area contributed by atoms with Crippen LogP contribution in [0.15, 0.2) is 47.4 Å². The fourth-order valence-corrected chi connectivity index (χ4v) is 2.55. The summed E-state index contributed by atoms with van der Waals surface area (Å²) in [5.74, 6) is 0.682. The summed E-state index contributed by atoms with van der Waals surface area (Å²) in [5, 5.41) is 7.31. The molecule has 0 saturated heterocycles. The molecule has 0 saturated carbocycles. The average Bonchev–Trinajstić information content (AvgIpc) is 2.48. The zero-order valence-electron chi connectivity index (χ0n) is 11.6. The van der Waals surface area contributed by atoms with Crippen molar-refractivity contribution in [1.29, 1.82) is 0 Å². The Morgan fingerprint density at radius 2 is 1.86 bits per heavy atom. The van der Waals surface area contributed by atoms with E-state index < -0.39 is 0 Å². The van der Waals surface area contributed by atoms with E-state index in [9.17, 15) is 0 Å². The first-order valence-electron chi connectivity index (χ1n) is 6.18. The minimum Gasteiger partial charge on any atom is -0.495 e. The number of nitrogens with one attached hydrogen (secondary N) is 2. The smallest absolute Gasteiger partial charge is 0.175 e. The maximum absolute atomic E-state index is 5.99. The van der Waals surface area contributed by atoms with Crippen LogP contribution >= 0.6 is 35.6 Å². The molecule has 0 aromatic heterocycles. The largest absolute Gasteiger partial charge is 0.495 e. The number of hydrogen-bond donors (Lipinski definition) is 2. The molecule has 0 amide bonds. The molecule has 0 atom stereocenters. The lowest BCUT2D eigenvalue weighted by molar-refractivity contribution is 0.417. The van der Waals surface area contributed by atoms with E-state index >= 15 is 0 Å². The second kappa shape index (κ2) is 7.54. The van der Waals surface area contributed by atoms with E-state index in [0.29, 0.717) is 15.9 Å². The standard InChI is InChI=1S/C15H15ClN2OS2/c1-19-14-8-3-10(16)9-13(14)18-15(20)17-11-4-6-12(21-2)7-5-11/h3-9H,1-2H3,(H2,17,18,20). The van der Waals surface area contributed by atoms with E-state index in [-0.39, 0.29) is 0 Å². The van der Waals surface area contributed by atoms with E-state index in [0.717, 1.165) is 11.4 Å². The van der Waals surface area contributed by atoms with Crippen molar-refractivity contribution in [3.8, 4) is 5.75 Å². The summed E-state index contributed by atoms with van der Waals surface area (Å²) in [5.41, 5.74) is 1.65. The van der Waals surface area contributed by atoms with Crippen molar-refractivity contribution in [2.45, 2.75) is 4.90 Å². The Kier molecular flexibility index (Phi) is 5.73. The third-order valence-electron chi connectivity index (χ3n) is 2.76. The molecule has 2 rings (SSSR count). The van der Waals surface area contributed by atoms with Crippen molar-refractivity contribution in [2.24, 2.45) is 0 Å². The molecule has 0 spiro atoms. The highest BCUT2D eigenvalue weighted by atomic mass is 35.5. The zero-order chi connectivity index (χ0) is 15.2.